The maximum absolute atomic E-state index is 12.9. The highest BCUT2D eigenvalue weighted by atomic mass is 32.1. The van der Waals surface area contributed by atoms with E-state index in [4.69, 9.17) is 9.47 Å². The van der Waals surface area contributed by atoms with Gasteiger partial charge in [-0.2, -0.15) is 0 Å². The molecule has 2 aliphatic rings. The Morgan fingerprint density at radius 2 is 1.73 bits per heavy atom. The predicted molar refractivity (Wildman–Crippen MR) is 116 cm³/mol. The summed E-state index contributed by atoms with van der Waals surface area (Å²) >= 11 is 1.52. The molecule has 0 spiro atoms. The van der Waals surface area contributed by atoms with E-state index in [1.165, 1.54) is 16.9 Å². The predicted octanol–water partition coefficient (Wildman–Crippen LogP) is 3.54. The second-order valence-corrected chi connectivity index (χ2v) is 8.31. The molecule has 0 bridgehead atoms. The molecule has 0 radical (unpaired) electrons. The molecule has 2 aliphatic heterocycles. The Labute approximate surface area is 179 Å². The van der Waals surface area contributed by atoms with Gasteiger partial charge in [0.05, 0.1) is 0 Å². The first-order chi connectivity index (χ1) is 14.8. The fourth-order valence-electron chi connectivity index (χ4n) is 3.80. The van der Waals surface area contributed by atoms with E-state index in [1.54, 1.807) is 0 Å². The number of hydrogen-bond acceptors (Lipinski definition) is 6. The van der Waals surface area contributed by atoms with Gasteiger partial charge in [0.1, 0.15) is 23.9 Å². The summed E-state index contributed by atoms with van der Waals surface area (Å²) in [6, 6.07) is 16.1. The molecule has 1 saturated heterocycles. The van der Waals surface area contributed by atoms with Crippen molar-refractivity contribution in [2.45, 2.75) is 6.54 Å². The Kier molecular flexibility index (Phi) is 5.38. The summed E-state index contributed by atoms with van der Waals surface area (Å²) in [5, 5.41) is 2.75. The minimum Gasteiger partial charge on any atom is -0.486 e. The zero-order valence-corrected chi connectivity index (χ0v) is 17.4. The van der Waals surface area contributed by atoms with Crippen molar-refractivity contribution in [3.05, 3.63) is 65.2 Å². The Bertz CT molecular complexity index is 1030. The number of hydrogen-bond donors (Lipinski definition) is 0. The summed E-state index contributed by atoms with van der Waals surface area (Å²) in [4.78, 5) is 21.7. The van der Waals surface area contributed by atoms with Gasteiger partial charge in [0.2, 0.25) is 0 Å². The Balaban J connectivity index is 1.18. The number of carbonyl (C=O) groups excluding carboxylic acids is 1. The third kappa shape index (κ3) is 4.04. The SMILES string of the molecule is O=C(c1csc(-c2ccccc2)n1)N1CCN(Cc2ccc3c(c2)OCCO3)CC1. The van der Waals surface area contributed by atoms with Crippen LogP contribution in [0, 0.1) is 0 Å². The van der Waals surface area contributed by atoms with E-state index in [-0.39, 0.29) is 5.91 Å². The molecule has 30 heavy (non-hydrogen) atoms. The number of nitrogens with zero attached hydrogens (tertiary/aromatic N) is 3. The molecular formula is C23H23N3O3S. The lowest BCUT2D eigenvalue weighted by Gasteiger charge is -2.34. The van der Waals surface area contributed by atoms with E-state index in [0.717, 1.165) is 41.7 Å². The first-order valence-corrected chi connectivity index (χ1v) is 11.1. The van der Waals surface area contributed by atoms with Gasteiger partial charge in [-0.3, -0.25) is 9.69 Å². The smallest absolute Gasteiger partial charge is 0.273 e. The molecule has 154 valence electrons. The van der Waals surface area contributed by atoms with Crippen LogP contribution < -0.4 is 9.47 Å². The van der Waals surface area contributed by atoms with Crippen LogP contribution in [0.4, 0.5) is 0 Å². The van der Waals surface area contributed by atoms with Crippen LogP contribution in [-0.2, 0) is 6.54 Å². The molecule has 0 N–H and O–H groups in total. The molecule has 0 aliphatic carbocycles. The van der Waals surface area contributed by atoms with Gasteiger partial charge in [-0.15, -0.1) is 11.3 Å². The van der Waals surface area contributed by atoms with Crippen molar-refractivity contribution >= 4 is 17.2 Å². The zero-order valence-electron chi connectivity index (χ0n) is 16.6. The molecule has 2 aromatic carbocycles. The highest BCUT2D eigenvalue weighted by molar-refractivity contribution is 7.13. The highest BCUT2D eigenvalue weighted by Crippen LogP contribution is 2.31. The minimum atomic E-state index is 0.0208. The molecule has 0 saturated carbocycles. The van der Waals surface area contributed by atoms with Crippen molar-refractivity contribution in [2.24, 2.45) is 0 Å². The van der Waals surface area contributed by atoms with Crippen LogP contribution in [0.3, 0.4) is 0 Å². The van der Waals surface area contributed by atoms with Crippen molar-refractivity contribution in [1.29, 1.82) is 0 Å². The molecule has 6 nitrogen and oxygen atoms in total. The van der Waals surface area contributed by atoms with Crippen LogP contribution in [0.2, 0.25) is 0 Å². The largest absolute Gasteiger partial charge is 0.486 e. The van der Waals surface area contributed by atoms with E-state index in [2.05, 4.69) is 22.0 Å². The Hall–Kier alpha value is -2.90. The molecular weight excluding hydrogens is 398 g/mol. The quantitative estimate of drug-likeness (QED) is 0.645. The molecule has 3 aromatic rings. The number of carbonyl (C=O) groups is 1. The zero-order chi connectivity index (χ0) is 20.3. The number of benzene rings is 2. The highest BCUT2D eigenvalue weighted by Gasteiger charge is 2.24. The van der Waals surface area contributed by atoms with Gasteiger partial charge >= 0.3 is 0 Å². The van der Waals surface area contributed by atoms with Crippen LogP contribution in [0.5, 0.6) is 11.5 Å². The minimum absolute atomic E-state index is 0.0208. The van der Waals surface area contributed by atoms with Crippen molar-refractivity contribution in [2.75, 3.05) is 39.4 Å². The number of rotatable bonds is 4. The van der Waals surface area contributed by atoms with Gasteiger partial charge in [-0.25, -0.2) is 4.98 Å². The summed E-state index contributed by atoms with van der Waals surface area (Å²) in [6.07, 6.45) is 0. The molecule has 0 atom stereocenters. The monoisotopic (exact) mass is 421 g/mol. The van der Waals surface area contributed by atoms with Gasteiger partial charge in [-0.1, -0.05) is 36.4 Å². The van der Waals surface area contributed by atoms with Crippen LogP contribution in [0.1, 0.15) is 16.1 Å². The third-order valence-corrected chi connectivity index (χ3v) is 6.31. The molecule has 5 rings (SSSR count). The lowest BCUT2D eigenvalue weighted by molar-refractivity contribution is 0.0623. The fraction of sp³-hybridized carbons (Fsp3) is 0.304. The lowest BCUT2D eigenvalue weighted by atomic mass is 10.1. The number of thiazole rings is 1. The second-order valence-electron chi connectivity index (χ2n) is 7.45. The van der Waals surface area contributed by atoms with Gasteiger partial charge in [0.15, 0.2) is 11.5 Å². The number of amides is 1. The summed E-state index contributed by atoms with van der Waals surface area (Å²) in [7, 11) is 0. The molecule has 3 heterocycles. The average molecular weight is 422 g/mol. The van der Waals surface area contributed by atoms with Crippen molar-refractivity contribution < 1.29 is 14.3 Å². The standard InChI is InChI=1S/C23H23N3O3S/c27-23(19-16-30-22(24-19)18-4-2-1-3-5-18)26-10-8-25(9-11-26)15-17-6-7-20-21(14-17)29-13-12-28-20/h1-7,14,16H,8-13,15H2. The average Bonchev–Trinajstić information content (AvgIpc) is 3.30. The van der Waals surface area contributed by atoms with Crippen LogP contribution in [0.15, 0.2) is 53.9 Å². The summed E-state index contributed by atoms with van der Waals surface area (Å²) < 4.78 is 11.3. The summed E-state index contributed by atoms with van der Waals surface area (Å²) in [5.74, 6) is 1.66. The molecule has 1 amide bonds. The van der Waals surface area contributed by atoms with E-state index in [1.807, 2.05) is 46.7 Å². The lowest BCUT2D eigenvalue weighted by Crippen LogP contribution is -2.48. The topological polar surface area (TPSA) is 54.9 Å². The van der Waals surface area contributed by atoms with Gasteiger partial charge in [0.25, 0.3) is 5.91 Å². The normalized spacial score (nSPS) is 16.5. The number of aromatic nitrogens is 1. The molecule has 0 unspecified atom stereocenters. The number of ether oxygens (including phenoxy) is 2. The summed E-state index contributed by atoms with van der Waals surface area (Å²) in [5.41, 5.74) is 2.79. The first kappa shape index (κ1) is 19.1. The van der Waals surface area contributed by atoms with Gasteiger partial charge < -0.3 is 14.4 Å². The maximum atomic E-state index is 12.9. The third-order valence-electron chi connectivity index (χ3n) is 5.42. The molecule has 1 aromatic heterocycles. The fourth-order valence-corrected chi connectivity index (χ4v) is 4.60. The summed E-state index contributed by atoms with van der Waals surface area (Å²) in [6.45, 7) is 5.15. The Morgan fingerprint density at radius 1 is 0.967 bits per heavy atom. The van der Waals surface area contributed by atoms with Crippen molar-refractivity contribution in [3.8, 4) is 22.1 Å². The molecule has 1 fully saturated rings. The van der Waals surface area contributed by atoms with Gasteiger partial charge in [-0.05, 0) is 17.7 Å². The van der Waals surface area contributed by atoms with E-state index < -0.39 is 0 Å². The van der Waals surface area contributed by atoms with E-state index >= 15 is 0 Å². The van der Waals surface area contributed by atoms with E-state index in [0.29, 0.717) is 32.0 Å². The second kappa shape index (κ2) is 8.45. The molecule has 7 heteroatoms. The Morgan fingerprint density at radius 3 is 2.53 bits per heavy atom. The number of fused-ring (bicyclic) bond motifs is 1. The number of piperazine rings is 1. The maximum Gasteiger partial charge on any atom is 0.273 e. The van der Waals surface area contributed by atoms with E-state index in [9.17, 15) is 4.79 Å². The van der Waals surface area contributed by atoms with Crippen molar-refractivity contribution in [3.63, 3.8) is 0 Å². The van der Waals surface area contributed by atoms with Crippen molar-refractivity contribution in [1.82, 2.24) is 14.8 Å². The van der Waals surface area contributed by atoms with Gasteiger partial charge in [0, 0.05) is 43.7 Å². The van der Waals surface area contributed by atoms with Crippen LogP contribution in [-0.4, -0.2) is 60.1 Å². The van der Waals surface area contributed by atoms with Crippen LogP contribution in [0.25, 0.3) is 10.6 Å². The van der Waals surface area contributed by atoms with Crippen LogP contribution >= 0.6 is 11.3 Å². The first-order valence-electron chi connectivity index (χ1n) is 10.2.